The normalized spacial score (nSPS) is 12.7. The zero-order valence-electron chi connectivity index (χ0n) is 12.0. The third kappa shape index (κ3) is 3.62. The van der Waals surface area contributed by atoms with Crippen LogP contribution in [0, 0.1) is 6.92 Å². The number of rotatable bonds is 5. The molecule has 1 heterocycles. The second kappa shape index (κ2) is 6.74. The third-order valence-corrected chi connectivity index (χ3v) is 4.47. The molecule has 3 nitrogen and oxygen atoms in total. The van der Waals surface area contributed by atoms with Crippen molar-refractivity contribution in [1.29, 1.82) is 0 Å². The minimum absolute atomic E-state index is 0.338. The fourth-order valence-corrected chi connectivity index (χ4v) is 3.08. The average molecular weight is 357 g/mol. The van der Waals surface area contributed by atoms with Crippen LogP contribution in [0.3, 0.4) is 0 Å². The molecule has 1 atom stereocenters. The van der Waals surface area contributed by atoms with Gasteiger partial charge in [-0.25, -0.2) is 0 Å². The van der Waals surface area contributed by atoms with Crippen molar-refractivity contribution in [3.8, 4) is 0 Å². The van der Waals surface area contributed by atoms with Crippen LogP contribution in [0.4, 0.5) is 0 Å². The van der Waals surface area contributed by atoms with E-state index in [1.54, 1.807) is 4.68 Å². The molecule has 20 heavy (non-hydrogen) atoms. The van der Waals surface area contributed by atoms with Crippen LogP contribution in [0.2, 0.25) is 5.15 Å². The number of aryl methyl sites for hydroxylation is 2. The number of benzene rings is 1. The van der Waals surface area contributed by atoms with Crippen molar-refractivity contribution in [2.45, 2.75) is 25.8 Å². The van der Waals surface area contributed by atoms with Gasteiger partial charge < -0.3 is 5.32 Å². The lowest BCUT2D eigenvalue weighted by atomic mass is 9.99. The average Bonchev–Trinajstić information content (AvgIpc) is 2.64. The first-order chi connectivity index (χ1) is 9.51. The Morgan fingerprint density at radius 2 is 2.15 bits per heavy atom. The molecule has 0 radical (unpaired) electrons. The van der Waals surface area contributed by atoms with Gasteiger partial charge in [-0.15, -0.1) is 0 Å². The zero-order valence-corrected chi connectivity index (χ0v) is 14.3. The summed E-state index contributed by atoms with van der Waals surface area (Å²) in [5, 5.41) is 8.47. The van der Waals surface area contributed by atoms with E-state index in [1.807, 2.05) is 27.1 Å². The zero-order chi connectivity index (χ0) is 14.7. The van der Waals surface area contributed by atoms with E-state index in [4.69, 9.17) is 11.6 Å². The van der Waals surface area contributed by atoms with E-state index < -0.39 is 0 Å². The van der Waals surface area contributed by atoms with E-state index in [9.17, 15) is 0 Å². The van der Waals surface area contributed by atoms with Gasteiger partial charge in [0.25, 0.3) is 0 Å². The molecule has 1 aromatic heterocycles. The Bertz CT molecular complexity index is 595. The van der Waals surface area contributed by atoms with Gasteiger partial charge in [-0.2, -0.15) is 5.10 Å². The van der Waals surface area contributed by atoms with Crippen molar-refractivity contribution in [3.63, 3.8) is 0 Å². The summed E-state index contributed by atoms with van der Waals surface area (Å²) in [5.74, 6) is 0. The van der Waals surface area contributed by atoms with Crippen molar-refractivity contribution >= 4 is 27.5 Å². The van der Waals surface area contributed by atoms with E-state index in [2.05, 4.69) is 44.5 Å². The molecular weight excluding hydrogens is 338 g/mol. The molecule has 0 aliphatic rings. The fourth-order valence-electron chi connectivity index (χ4n) is 2.38. The Balaban J connectivity index is 2.13. The summed E-state index contributed by atoms with van der Waals surface area (Å²) in [6.45, 7) is 2.01. The monoisotopic (exact) mass is 355 g/mol. The van der Waals surface area contributed by atoms with E-state index in [1.165, 1.54) is 5.56 Å². The Hall–Kier alpha value is -0.840. The summed E-state index contributed by atoms with van der Waals surface area (Å²) < 4.78 is 2.85. The summed E-state index contributed by atoms with van der Waals surface area (Å²) in [5.41, 5.74) is 3.44. The molecule has 0 aliphatic heterocycles. The van der Waals surface area contributed by atoms with Gasteiger partial charge in [-0.3, -0.25) is 4.68 Å². The first-order valence-electron chi connectivity index (χ1n) is 6.61. The molecule has 1 aromatic carbocycles. The van der Waals surface area contributed by atoms with Crippen LogP contribution >= 0.6 is 27.5 Å². The number of nitrogens with zero attached hydrogens (tertiary/aromatic N) is 2. The number of aromatic nitrogens is 2. The number of likely N-dealkylation sites (N-methyl/N-ethyl adjacent to an activating group) is 1. The van der Waals surface area contributed by atoms with Gasteiger partial charge >= 0.3 is 0 Å². The van der Waals surface area contributed by atoms with Gasteiger partial charge in [0.05, 0.1) is 5.69 Å². The van der Waals surface area contributed by atoms with Crippen LogP contribution in [0.1, 0.15) is 16.8 Å². The minimum Gasteiger partial charge on any atom is -0.316 e. The molecular formula is C15H19BrClN3. The summed E-state index contributed by atoms with van der Waals surface area (Å²) in [7, 11) is 3.86. The van der Waals surface area contributed by atoms with Crippen molar-refractivity contribution in [3.05, 3.63) is 50.7 Å². The number of nitrogens with one attached hydrogen (secondary N) is 1. The second-order valence-electron chi connectivity index (χ2n) is 5.00. The number of halogens is 2. The standard InChI is InChI=1S/C15H19BrClN3/c1-10-14(15(17)20(3)19-10)9-13(18-2)8-11-5-4-6-12(16)7-11/h4-7,13,18H,8-9H2,1-3H3. The Morgan fingerprint density at radius 1 is 1.40 bits per heavy atom. The number of hydrogen-bond donors (Lipinski definition) is 1. The van der Waals surface area contributed by atoms with E-state index in [0.717, 1.165) is 33.7 Å². The van der Waals surface area contributed by atoms with Crippen LogP contribution < -0.4 is 5.32 Å². The summed E-state index contributed by atoms with van der Waals surface area (Å²) >= 11 is 9.82. The first-order valence-corrected chi connectivity index (χ1v) is 7.78. The number of hydrogen-bond acceptors (Lipinski definition) is 2. The smallest absolute Gasteiger partial charge is 0.130 e. The molecule has 108 valence electrons. The lowest BCUT2D eigenvalue weighted by molar-refractivity contribution is 0.555. The van der Waals surface area contributed by atoms with Crippen molar-refractivity contribution in [1.82, 2.24) is 15.1 Å². The van der Waals surface area contributed by atoms with Crippen molar-refractivity contribution in [2.75, 3.05) is 7.05 Å². The van der Waals surface area contributed by atoms with Crippen LogP contribution in [0.25, 0.3) is 0 Å². The van der Waals surface area contributed by atoms with Crippen LogP contribution in [0.15, 0.2) is 28.7 Å². The molecule has 1 unspecified atom stereocenters. The maximum Gasteiger partial charge on any atom is 0.130 e. The molecule has 0 aliphatic carbocycles. The van der Waals surface area contributed by atoms with Gasteiger partial charge in [-0.1, -0.05) is 39.7 Å². The van der Waals surface area contributed by atoms with Crippen LogP contribution in [0.5, 0.6) is 0 Å². The summed E-state index contributed by atoms with van der Waals surface area (Å²) in [6.07, 6.45) is 1.84. The van der Waals surface area contributed by atoms with Crippen molar-refractivity contribution < 1.29 is 0 Å². The highest BCUT2D eigenvalue weighted by Gasteiger charge is 2.16. The minimum atomic E-state index is 0.338. The molecule has 2 rings (SSSR count). The summed E-state index contributed by atoms with van der Waals surface area (Å²) in [6, 6.07) is 8.74. The van der Waals surface area contributed by atoms with Gasteiger partial charge in [0, 0.05) is 23.1 Å². The lowest BCUT2D eigenvalue weighted by Gasteiger charge is -2.16. The molecule has 5 heteroatoms. The highest BCUT2D eigenvalue weighted by Crippen LogP contribution is 2.21. The molecule has 0 amide bonds. The molecule has 2 aromatic rings. The van der Waals surface area contributed by atoms with Gasteiger partial charge in [0.2, 0.25) is 0 Å². The molecule has 0 saturated carbocycles. The van der Waals surface area contributed by atoms with Gasteiger partial charge in [0.1, 0.15) is 5.15 Å². The summed E-state index contributed by atoms with van der Waals surface area (Å²) in [4.78, 5) is 0. The largest absolute Gasteiger partial charge is 0.316 e. The SMILES string of the molecule is CNC(Cc1cccc(Br)c1)Cc1c(C)nn(C)c1Cl. The quantitative estimate of drug-likeness (QED) is 0.888. The fraction of sp³-hybridized carbons (Fsp3) is 0.400. The van der Waals surface area contributed by atoms with E-state index >= 15 is 0 Å². The van der Waals surface area contributed by atoms with Crippen LogP contribution in [-0.4, -0.2) is 22.9 Å². The topological polar surface area (TPSA) is 29.9 Å². The maximum absolute atomic E-state index is 6.31. The second-order valence-corrected chi connectivity index (χ2v) is 6.28. The van der Waals surface area contributed by atoms with Crippen molar-refractivity contribution in [2.24, 2.45) is 7.05 Å². The lowest BCUT2D eigenvalue weighted by Crippen LogP contribution is -2.30. The molecule has 0 bridgehead atoms. The Kier molecular flexibility index (Phi) is 5.24. The molecule has 0 saturated heterocycles. The molecule has 0 fully saturated rings. The molecule has 1 N–H and O–H groups in total. The Morgan fingerprint density at radius 3 is 2.70 bits per heavy atom. The van der Waals surface area contributed by atoms with Gasteiger partial charge in [-0.05, 0) is 44.5 Å². The Labute approximate surface area is 133 Å². The van der Waals surface area contributed by atoms with E-state index in [0.29, 0.717) is 6.04 Å². The molecule has 0 spiro atoms. The highest BCUT2D eigenvalue weighted by atomic mass is 79.9. The van der Waals surface area contributed by atoms with Gasteiger partial charge in [0.15, 0.2) is 0 Å². The predicted octanol–water partition coefficient (Wildman–Crippen LogP) is 3.52. The highest BCUT2D eigenvalue weighted by molar-refractivity contribution is 9.10. The van der Waals surface area contributed by atoms with Crippen LogP contribution in [-0.2, 0) is 19.9 Å². The maximum atomic E-state index is 6.31. The first kappa shape index (κ1) is 15.5. The third-order valence-electron chi connectivity index (χ3n) is 3.50. The predicted molar refractivity (Wildman–Crippen MR) is 87.4 cm³/mol. The van der Waals surface area contributed by atoms with E-state index in [-0.39, 0.29) is 0 Å².